The maximum atomic E-state index is 12.8. The Hall–Kier alpha value is -2.56. The molecule has 5 nitrogen and oxygen atoms in total. The summed E-state index contributed by atoms with van der Waals surface area (Å²) < 4.78 is 2.13. The molecule has 4 rings (SSSR count). The number of benzene rings is 1. The molecule has 0 saturated heterocycles. The average molecular weight is 338 g/mol. The van der Waals surface area contributed by atoms with Gasteiger partial charge in [-0.3, -0.25) is 9.59 Å². The van der Waals surface area contributed by atoms with Crippen molar-refractivity contribution in [1.29, 1.82) is 0 Å². The Morgan fingerprint density at radius 3 is 2.52 bits per heavy atom. The summed E-state index contributed by atoms with van der Waals surface area (Å²) in [5.41, 5.74) is 3.37. The molecule has 1 aromatic heterocycles. The molecule has 0 saturated carbocycles. The molecule has 0 radical (unpaired) electrons. The van der Waals surface area contributed by atoms with Crippen molar-refractivity contribution in [3.8, 4) is 0 Å². The Kier molecular flexibility index (Phi) is 4.07. The molecule has 0 spiro atoms. The van der Waals surface area contributed by atoms with Gasteiger partial charge in [0.15, 0.2) is 0 Å². The van der Waals surface area contributed by atoms with Crippen molar-refractivity contribution in [2.75, 3.05) is 0 Å². The number of rotatable bonds is 4. The Balaban J connectivity index is 1.50. The number of hydrogen-bond donors (Lipinski definition) is 1. The SMILES string of the molecule is O=C(O)C(CC(=O)N1Cc2ccccc2C1)[C@H]1CCCn2cccc21. The summed E-state index contributed by atoms with van der Waals surface area (Å²) >= 11 is 0. The van der Waals surface area contributed by atoms with Gasteiger partial charge in [-0.2, -0.15) is 0 Å². The molecule has 5 heteroatoms. The smallest absolute Gasteiger partial charge is 0.307 e. The largest absolute Gasteiger partial charge is 0.481 e. The topological polar surface area (TPSA) is 62.5 Å². The van der Waals surface area contributed by atoms with Crippen molar-refractivity contribution in [3.63, 3.8) is 0 Å². The highest BCUT2D eigenvalue weighted by Crippen LogP contribution is 2.36. The van der Waals surface area contributed by atoms with E-state index in [0.717, 1.165) is 36.2 Å². The van der Waals surface area contributed by atoms with Crippen LogP contribution in [0.2, 0.25) is 0 Å². The van der Waals surface area contributed by atoms with Crippen molar-refractivity contribution >= 4 is 11.9 Å². The van der Waals surface area contributed by atoms with E-state index in [4.69, 9.17) is 0 Å². The van der Waals surface area contributed by atoms with E-state index in [1.807, 2.05) is 42.6 Å². The quantitative estimate of drug-likeness (QED) is 0.932. The van der Waals surface area contributed by atoms with Crippen LogP contribution in [0.4, 0.5) is 0 Å². The lowest BCUT2D eigenvalue weighted by Crippen LogP contribution is -2.34. The van der Waals surface area contributed by atoms with Crippen LogP contribution in [0.3, 0.4) is 0 Å². The first kappa shape index (κ1) is 15.9. The van der Waals surface area contributed by atoms with Gasteiger partial charge in [0.05, 0.1) is 5.92 Å². The molecule has 1 unspecified atom stereocenters. The molecule has 2 aromatic rings. The number of fused-ring (bicyclic) bond motifs is 2. The van der Waals surface area contributed by atoms with Crippen LogP contribution >= 0.6 is 0 Å². The first-order valence-electron chi connectivity index (χ1n) is 8.86. The molecule has 3 heterocycles. The van der Waals surface area contributed by atoms with Crippen molar-refractivity contribution < 1.29 is 14.7 Å². The monoisotopic (exact) mass is 338 g/mol. The van der Waals surface area contributed by atoms with E-state index in [-0.39, 0.29) is 18.2 Å². The summed E-state index contributed by atoms with van der Waals surface area (Å²) in [5, 5.41) is 9.77. The van der Waals surface area contributed by atoms with Gasteiger partial charge in [-0.05, 0) is 36.1 Å². The van der Waals surface area contributed by atoms with Crippen molar-refractivity contribution in [1.82, 2.24) is 9.47 Å². The molecule has 1 amide bonds. The summed E-state index contributed by atoms with van der Waals surface area (Å²) in [6, 6.07) is 12.0. The minimum absolute atomic E-state index is 0.0627. The molecule has 2 atom stereocenters. The fourth-order valence-electron chi connectivity index (χ4n) is 4.23. The number of carboxylic acids is 1. The summed E-state index contributed by atoms with van der Waals surface area (Å²) in [4.78, 5) is 26.5. The lowest BCUT2D eigenvalue weighted by Gasteiger charge is -2.30. The molecule has 130 valence electrons. The normalized spacial score (nSPS) is 20.0. The van der Waals surface area contributed by atoms with Gasteiger partial charge in [-0.1, -0.05) is 24.3 Å². The Morgan fingerprint density at radius 2 is 1.84 bits per heavy atom. The van der Waals surface area contributed by atoms with E-state index in [1.165, 1.54) is 0 Å². The van der Waals surface area contributed by atoms with E-state index in [0.29, 0.717) is 13.1 Å². The van der Waals surface area contributed by atoms with E-state index in [2.05, 4.69) is 4.57 Å². The first-order valence-corrected chi connectivity index (χ1v) is 8.86. The maximum Gasteiger partial charge on any atom is 0.307 e. The zero-order valence-electron chi connectivity index (χ0n) is 14.1. The average Bonchev–Trinajstić information content (AvgIpc) is 3.25. The Labute approximate surface area is 146 Å². The number of carbonyl (C=O) groups excluding carboxylic acids is 1. The molecule has 2 aliphatic heterocycles. The highest BCUT2D eigenvalue weighted by molar-refractivity contribution is 5.83. The zero-order chi connectivity index (χ0) is 17.4. The fraction of sp³-hybridized carbons (Fsp3) is 0.400. The molecule has 0 aliphatic carbocycles. The lowest BCUT2D eigenvalue weighted by atomic mass is 9.81. The van der Waals surface area contributed by atoms with Crippen LogP contribution in [0.25, 0.3) is 0 Å². The number of nitrogens with zero attached hydrogens (tertiary/aromatic N) is 2. The van der Waals surface area contributed by atoms with Crippen LogP contribution in [-0.4, -0.2) is 26.5 Å². The van der Waals surface area contributed by atoms with E-state index in [1.54, 1.807) is 4.90 Å². The van der Waals surface area contributed by atoms with Gasteiger partial charge in [-0.25, -0.2) is 0 Å². The second kappa shape index (κ2) is 6.39. The predicted molar refractivity (Wildman–Crippen MR) is 92.8 cm³/mol. The number of amides is 1. The Morgan fingerprint density at radius 1 is 1.12 bits per heavy atom. The second-order valence-electron chi connectivity index (χ2n) is 7.04. The number of carboxylic acid groups (broad SMARTS) is 1. The predicted octanol–water partition coefficient (Wildman–Crippen LogP) is 3.00. The number of aryl methyl sites for hydroxylation is 1. The third-order valence-electron chi connectivity index (χ3n) is 5.55. The first-order chi connectivity index (χ1) is 12.1. The van der Waals surface area contributed by atoms with Gasteiger partial charge in [-0.15, -0.1) is 0 Å². The van der Waals surface area contributed by atoms with E-state index < -0.39 is 11.9 Å². The highest BCUT2D eigenvalue weighted by Gasteiger charge is 2.36. The van der Waals surface area contributed by atoms with Crippen LogP contribution in [0.15, 0.2) is 42.6 Å². The minimum Gasteiger partial charge on any atom is -0.481 e. The van der Waals surface area contributed by atoms with Crippen LogP contribution in [0.5, 0.6) is 0 Å². The number of hydrogen-bond acceptors (Lipinski definition) is 2. The Bertz CT molecular complexity index is 786. The summed E-state index contributed by atoms with van der Waals surface area (Å²) in [6.07, 6.45) is 3.85. The second-order valence-corrected chi connectivity index (χ2v) is 7.04. The molecule has 0 bridgehead atoms. The summed E-state index contributed by atoms with van der Waals surface area (Å²) in [5.74, 6) is -1.68. The van der Waals surface area contributed by atoms with Crippen molar-refractivity contribution in [3.05, 3.63) is 59.4 Å². The maximum absolute atomic E-state index is 12.8. The summed E-state index contributed by atoms with van der Waals surface area (Å²) in [6.45, 7) is 2.10. The van der Waals surface area contributed by atoms with E-state index in [9.17, 15) is 14.7 Å². The zero-order valence-corrected chi connectivity index (χ0v) is 14.1. The van der Waals surface area contributed by atoms with Gasteiger partial charge in [0.1, 0.15) is 0 Å². The van der Waals surface area contributed by atoms with Crippen molar-refractivity contribution in [2.45, 2.75) is 44.8 Å². The van der Waals surface area contributed by atoms with Crippen LogP contribution in [-0.2, 0) is 29.2 Å². The van der Waals surface area contributed by atoms with Gasteiger partial charge in [0.25, 0.3) is 0 Å². The molecule has 25 heavy (non-hydrogen) atoms. The molecule has 2 aliphatic rings. The van der Waals surface area contributed by atoms with Crippen molar-refractivity contribution in [2.24, 2.45) is 5.92 Å². The molecule has 1 N–H and O–H groups in total. The van der Waals surface area contributed by atoms with E-state index >= 15 is 0 Å². The lowest BCUT2D eigenvalue weighted by molar-refractivity contribution is -0.147. The van der Waals surface area contributed by atoms with Crippen LogP contribution in [0, 0.1) is 5.92 Å². The molecule has 1 aromatic carbocycles. The third-order valence-corrected chi connectivity index (χ3v) is 5.55. The number of aromatic nitrogens is 1. The number of carbonyl (C=O) groups is 2. The number of aliphatic carboxylic acids is 1. The van der Waals surface area contributed by atoms with Crippen LogP contribution in [0.1, 0.15) is 42.0 Å². The summed E-state index contributed by atoms with van der Waals surface area (Å²) in [7, 11) is 0. The van der Waals surface area contributed by atoms with Gasteiger partial charge >= 0.3 is 5.97 Å². The standard InChI is InChI=1S/C20H22N2O3/c23-19(22-12-14-5-1-2-6-15(14)13-22)11-17(20(24)25)16-7-3-9-21-10-4-8-18(16)21/h1-2,4-6,8,10,16-17H,3,7,9,11-13H2,(H,24,25)/t16-,17?/m1/s1. The van der Waals surface area contributed by atoms with Crippen LogP contribution < -0.4 is 0 Å². The third kappa shape index (κ3) is 2.95. The molecule has 0 fully saturated rings. The van der Waals surface area contributed by atoms with Gasteiger partial charge < -0.3 is 14.6 Å². The molecular formula is C20H22N2O3. The van der Waals surface area contributed by atoms with Gasteiger partial charge in [0, 0.05) is 43.9 Å². The van der Waals surface area contributed by atoms with Gasteiger partial charge in [0.2, 0.25) is 5.91 Å². The highest BCUT2D eigenvalue weighted by atomic mass is 16.4. The molecular weight excluding hydrogens is 316 g/mol. The fourth-order valence-corrected chi connectivity index (χ4v) is 4.23. The minimum atomic E-state index is -0.871.